The minimum Gasteiger partial charge on any atom is -0.326 e. The second-order valence-corrected chi connectivity index (χ2v) is 5.48. The molecule has 3 amide bonds. The average molecular weight is 316 g/mol. The number of carbonyl (C=O) groups is 2. The molecule has 1 atom stereocenters. The van der Waals surface area contributed by atoms with Crippen molar-refractivity contribution in [3.05, 3.63) is 36.8 Å². The van der Waals surface area contributed by atoms with E-state index in [-0.39, 0.29) is 11.8 Å². The van der Waals surface area contributed by atoms with Crippen molar-refractivity contribution in [2.24, 2.45) is 5.92 Å². The highest BCUT2D eigenvalue weighted by atomic mass is 16.2. The number of urea groups is 1. The first kappa shape index (κ1) is 16.5. The van der Waals surface area contributed by atoms with Crippen molar-refractivity contribution in [1.29, 1.82) is 0 Å². The topological polar surface area (TPSA) is 112 Å². The van der Waals surface area contributed by atoms with Crippen molar-refractivity contribution in [3.63, 3.8) is 0 Å². The van der Waals surface area contributed by atoms with E-state index < -0.39 is 12.1 Å². The van der Waals surface area contributed by atoms with Gasteiger partial charge in [-0.1, -0.05) is 13.8 Å². The number of rotatable bonds is 6. The molecule has 0 unspecified atom stereocenters. The van der Waals surface area contributed by atoms with Gasteiger partial charge in [0.2, 0.25) is 5.91 Å². The van der Waals surface area contributed by atoms with Crippen LogP contribution in [0.5, 0.6) is 0 Å². The van der Waals surface area contributed by atoms with Crippen molar-refractivity contribution in [1.82, 2.24) is 20.5 Å². The largest absolute Gasteiger partial charge is 0.326 e. The summed E-state index contributed by atoms with van der Waals surface area (Å²) in [5.41, 5.74) is 0.558. The van der Waals surface area contributed by atoms with Crippen LogP contribution in [0.1, 0.15) is 20.3 Å². The van der Waals surface area contributed by atoms with Gasteiger partial charge in [0.15, 0.2) is 0 Å². The van der Waals surface area contributed by atoms with Crippen LogP contribution in [0.3, 0.4) is 0 Å². The average Bonchev–Trinajstić information content (AvgIpc) is 3.00. The zero-order valence-corrected chi connectivity index (χ0v) is 13.0. The van der Waals surface area contributed by atoms with Crippen LogP contribution in [0, 0.1) is 5.92 Å². The molecule has 0 aliphatic rings. The van der Waals surface area contributed by atoms with E-state index >= 15 is 0 Å². The lowest BCUT2D eigenvalue weighted by Crippen LogP contribution is -2.46. The van der Waals surface area contributed by atoms with Gasteiger partial charge in [-0.05, 0) is 24.5 Å². The molecule has 2 aromatic rings. The summed E-state index contributed by atoms with van der Waals surface area (Å²) in [5.74, 6) is 0.425. The van der Waals surface area contributed by atoms with E-state index in [0.29, 0.717) is 17.9 Å². The summed E-state index contributed by atoms with van der Waals surface area (Å²) in [5, 5.41) is 14.4. The number of H-pyrrole nitrogens is 1. The summed E-state index contributed by atoms with van der Waals surface area (Å²) < 4.78 is 0. The maximum Gasteiger partial charge on any atom is 0.319 e. The molecular weight excluding hydrogens is 296 g/mol. The van der Waals surface area contributed by atoms with Crippen LogP contribution in [-0.4, -0.2) is 33.2 Å². The molecular formula is C15H20N6O2. The molecule has 0 aliphatic heterocycles. The number of carbonyl (C=O) groups excluding carboxylic acids is 2. The Hall–Kier alpha value is -2.90. The number of hydrogen-bond donors (Lipinski definition) is 4. The molecule has 0 fully saturated rings. The highest BCUT2D eigenvalue weighted by Crippen LogP contribution is 2.09. The number of anilines is 2. The second kappa shape index (κ2) is 7.92. The smallest absolute Gasteiger partial charge is 0.319 e. The molecule has 122 valence electrons. The van der Waals surface area contributed by atoms with Gasteiger partial charge in [0.25, 0.3) is 0 Å². The van der Waals surface area contributed by atoms with Gasteiger partial charge in [-0.25, -0.2) is 4.79 Å². The van der Waals surface area contributed by atoms with Crippen molar-refractivity contribution in [3.8, 4) is 0 Å². The zero-order chi connectivity index (χ0) is 16.7. The molecule has 0 aromatic carbocycles. The lowest BCUT2D eigenvalue weighted by atomic mass is 10.0. The second-order valence-electron chi connectivity index (χ2n) is 5.48. The predicted octanol–water partition coefficient (Wildman–Crippen LogP) is 1.98. The summed E-state index contributed by atoms with van der Waals surface area (Å²) in [6.07, 6.45) is 5.19. The lowest BCUT2D eigenvalue weighted by Gasteiger charge is -2.20. The van der Waals surface area contributed by atoms with Crippen LogP contribution in [0.25, 0.3) is 0 Å². The number of aromatic amines is 1. The van der Waals surface area contributed by atoms with E-state index in [1.807, 2.05) is 13.8 Å². The third kappa shape index (κ3) is 5.42. The summed E-state index contributed by atoms with van der Waals surface area (Å²) in [6, 6.07) is 3.96. The zero-order valence-electron chi connectivity index (χ0n) is 13.0. The molecule has 2 rings (SSSR count). The van der Waals surface area contributed by atoms with Crippen LogP contribution in [0.4, 0.5) is 16.3 Å². The summed E-state index contributed by atoms with van der Waals surface area (Å²) in [7, 11) is 0. The lowest BCUT2D eigenvalue weighted by molar-refractivity contribution is -0.118. The highest BCUT2D eigenvalue weighted by molar-refractivity contribution is 5.98. The third-order valence-corrected chi connectivity index (χ3v) is 3.01. The number of nitrogens with zero attached hydrogens (tertiary/aromatic N) is 2. The first-order chi connectivity index (χ1) is 11.0. The number of aromatic nitrogens is 3. The molecule has 0 aliphatic carbocycles. The quantitative estimate of drug-likeness (QED) is 0.653. The van der Waals surface area contributed by atoms with Gasteiger partial charge in [0.05, 0.1) is 18.1 Å². The molecule has 23 heavy (non-hydrogen) atoms. The number of amides is 3. The molecule has 0 saturated heterocycles. The predicted molar refractivity (Wildman–Crippen MR) is 86.9 cm³/mol. The molecule has 8 heteroatoms. The van der Waals surface area contributed by atoms with Crippen molar-refractivity contribution in [2.75, 3.05) is 10.6 Å². The number of pyridine rings is 1. The summed E-state index contributed by atoms with van der Waals surface area (Å²) in [6.45, 7) is 3.97. The SMILES string of the molecule is CC(C)C[C@@H](NC(=O)Nc1cccnc1)C(=O)Nc1ccn[nH]1. The fraction of sp³-hybridized carbons (Fsp3) is 0.333. The highest BCUT2D eigenvalue weighted by Gasteiger charge is 2.22. The first-order valence-corrected chi connectivity index (χ1v) is 7.32. The molecule has 8 nitrogen and oxygen atoms in total. The van der Waals surface area contributed by atoms with Crippen molar-refractivity contribution >= 4 is 23.4 Å². The molecule has 2 aromatic heterocycles. The Bertz CT molecular complexity index is 627. The van der Waals surface area contributed by atoms with Crippen LogP contribution >= 0.6 is 0 Å². The summed E-state index contributed by atoms with van der Waals surface area (Å²) in [4.78, 5) is 28.3. The third-order valence-electron chi connectivity index (χ3n) is 3.01. The Morgan fingerprint density at radius 3 is 2.65 bits per heavy atom. The van der Waals surface area contributed by atoms with Crippen molar-refractivity contribution < 1.29 is 9.59 Å². The Kier molecular flexibility index (Phi) is 5.67. The Morgan fingerprint density at radius 1 is 1.22 bits per heavy atom. The molecule has 0 bridgehead atoms. The van der Waals surface area contributed by atoms with E-state index in [2.05, 4.69) is 31.1 Å². The van der Waals surface area contributed by atoms with Gasteiger partial charge in [0, 0.05) is 12.3 Å². The van der Waals surface area contributed by atoms with Gasteiger partial charge in [-0.15, -0.1) is 0 Å². The van der Waals surface area contributed by atoms with Crippen LogP contribution in [0.2, 0.25) is 0 Å². The molecule has 0 spiro atoms. The van der Waals surface area contributed by atoms with E-state index in [9.17, 15) is 9.59 Å². The fourth-order valence-electron chi connectivity index (χ4n) is 2.01. The van der Waals surface area contributed by atoms with Gasteiger partial charge in [-0.3, -0.25) is 14.9 Å². The standard InChI is InChI=1S/C15H20N6O2/c1-10(2)8-12(14(22)20-13-5-7-17-21-13)19-15(23)18-11-4-3-6-16-9-11/h3-7,9-10,12H,8H2,1-2H3,(H2,18,19,23)(H2,17,20,21,22)/t12-/m1/s1. The maximum atomic E-state index is 12.3. The first-order valence-electron chi connectivity index (χ1n) is 7.32. The van der Waals surface area contributed by atoms with Crippen LogP contribution in [-0.2, 0) is 4.79 Å². The fourth-order valence-corrected chi connectivity index (χ4v) is 2.01. The van der Waals surface area contributed by atoms with Crippen LogP contribution in [0.15, 0.2) is 36.8 Å². The number of hydrogen-bond acceptors (Lipinski definition) is 4. The molecule has 2 heterocycles. The molecule has 0 saturated carbocycles. The minimum atomic E-state index is -0.657. The monoisotopic (exact) mass is 316 g/mol. The minimum absolute atomic E-state index is 0.242. The van der Waals surface area contributed by atoms with Gasteiger partial charge >= 0.3 is 6.03 Å². The van der Waals surface area contributed by atoms with Gasteiger partial charge < -0.3 is 16.0 Å². The van der Waals surface area contributed by atoms with E-state index in [0.717, 1.165) is 0 Å². The van der Waals surface area contributed by atoms with Crippen molar-refractivity contribution in [2.45, 2.75) is 26.3 Å². The number of nitrogens with one attached hydrogen (secondary N) is 4. The summed E-state index contributed by atoms with van der Waals surface area (Å²) >= 11 is 0. The maximum absolute atomic E-state index is 12.3. The van der Waals surface area contributed by atoms with E-state index in [1.54, 1.807) is 24.4 Å². The molecule has 4 N–H and O–H groups in total. The van der Waals surface area contributed by atoms with Crippen LogP contribution < -0.4 is 16.0 Å². The normalized spacial score (nSPS) is 11.8. The van der Waals surface area contributed by atoms with E-state index in [4.69, 9.17) is 0 Å². The van der Waals surface area contributed by atoms with E-state index in [1.165, 1.54) is 12.4 Å². The Balaban J connectivity index is 1.97. The molecule has 0 radical (unpaired) electrons. The Morgan fingerprint density at radius 2 is 2.04 bits per heavy atom. The van der Waals surface area contributed by atoms with Gasteiger partial charge in [-0.2, -0.15) is 5.10 Å². The Labute approximate surface area is 134 Å². The van der Waals surface area contributed by atoms with Gasteiger partial charge in [0.1, 0.15) is 11.9 Å².